The van der Waals surface area contributed by atoms with Gasteiger partial charge >= 0.3 is 6.09 Å². The lowest BCUT2D eigenvalue weighted by Crippen LogP contribution is -2.59. The molecule has 4 aliphatic rings. The van der Waals surface area contributed by atoms with Gasteiger partial charge in [0.1, 0.15) is 35.1 Å². The van der Waals surface area contributed by atoms with Crippen molar-refractivity contribution in [3.05, 3.63) is 35.5 Å². The molecule has 0 bridgehead atoms. The molecule has 1 aromatic heterocycles. The number of carbonyl (C=O) groups excluding carboxylic acids is 4. The highest BCUT2D eigenvalue weighted by Crippen LogP contribution is 2.47. The van der Waals surface area contributed by atoms with E-state index in [1.807, 2.05) is 19.1 Å². The maximum atomic E-state index is 14.9. The average molecular weight is 817 g/mol. The van der Waals surface area contributed by atoms with Gasteiger partial charge in [-0.05, 0) is 90.2 Å². The summed E-state index contributed by atoms with van der Waals surface area (Å²) in [6.45, 7) is 10.7. The number of aromatic nitrogens is 2. The van der Waals surface area contributed by atoms with Crippen molar-refractivity contribution in [1.82, 2.24) is 30.2 Å². The molecule has 56 heavy (non-hydrogen) atoms. The maximum Gasteiger partial charge on any atom is 0.408 e. The third-order valence-corrected chi connectivity index (χ3v) is 13.8. The minimum absolute atomic E-state index is 0.0151. The minimum atomic E-state index is -4.02. The highest BCUT2D eigenvalue weighted by Gasteiger charge is 2.63. The minimum Gasteiger partial charge on any atom is -0.497 e. The van der Waals surface area contributed by atoms with Crippen molar-refractivity contribution in [3.63, 3.8) is 0 Å². The molecule has 2 aliphatic heterocycles. The van der Waals surface area contributed by atoms with E-state index in [1.54, 1.807) is 45.9 Å². The first kappa shape index (κ1) is 41.5. The van der Waals surface area contributed by atoms with Crippen molar-refractivity contribution in [3.8, 4) is 11.6 Å². The van der Waals surface area contributed by atoms with Crippen molar-refractivity contribution >= 4 is 56.5 Å². The second-order valence-corrected chi connectivity index (χ2v) is 19.5. The molecule has 1 aromatic carbocycles. The van der Waals surface area contributed by atoms with Crippen molar-refractivity contribution < 1.29 is 41.8 Å². The number of methoxy groups -OCH3 is 1. The van der Waals surface area contributed by atoms with E-state index in [4.69, 9.17) is 25.8 Å². The largest absolute Gasteiger partial charge is 0.497 e. The van der Waals surface area contributed by atoms with Crippen LogP contribution in [0.15, 0.2) is 30.4 Å². The van der Waals surface area contributed by atoms with E-state index >= 15 is 0 Å². The van der Waals surface area contributed by atoms with Crippen LogP contribution in [0.1, 0.15) is 92.9 Å². The van der Waals surface area contributed by atoms with Gasteiger partial charge in [-0.2, -0.15) is 0 Å². The standard InChI is InChI=1S/C39H53ClN6O9S/c1-8-23-17-22(2)11-9-10-12-24-20-39(24,35(49)45-56(51,52)38(6)15-16-38)44-32(47)29-19-26(21-46(29)34(48)30(23)43-36(50)55-37(3,4)5)54-33-31(40)41-27-14-13-25(53-7)18-28(27)42-33/h10,12-14,18,22-24,26,29-30H,8-9,11,15-17,19-21H2,1-7H3,(H,43,50)(H,44,47)(H,45,49)/b12-10-/t22-,23-,24?,26-,29+,30+,39-/m1/s1. The molecule has 3 heterocycles. The molecule has 15 nitrogen and oxygen atoms in total. The Morgan fingerprint density at radius 2 is 1.86 bits per heavy atom. The number of nitrogens with zero attached hydrogens (tertiary/aromatic N) is 3. The third kappa shape index (κ3) is 8.85. The quantitative estimate of drug-likeness (QED) is 0.310. The van der Waals surface area contributed by atoms with Gasteiger partial charge in [0.2, 0.25) is 21.8 Å². The molecule has 2 saturated carbocycles. The Balaban J connectivity index is 1.36. The molecule has 0 spiro atoms. The smallest absolute Gasteiger partial charge is 0.408 e. The van der Waals surface area contributed by atoms with Crippen LogP contribution in [0.25, 0.3) is 11.0 Å². The zero-order chi connectivity index (χ0) is 40.8. The van der Waals surface area contributed by atoms with Gasteiger partial charge in [0.25, 0.3) is 11.8 Å². The van der Waals surface area contributed by atoms with Crippen molar-refractivity contribution in [1.29, 1.82) is 0 Å². The van der Waals surface area contributed by atoms with Gasteiger partial charge in [-0.1, -0.05) is 44.0 Å². The van der Waals surface area contributed by atoms with E-state index in [0.717, 1.165) is 6.42 Å². The van der Waals surface area contributed by atoms with Gasteiger partial charge in [-0.15, -0.1) is 0 Å². The number of sulfonamides is 1. The van der Waals surface area contributed by atoms with Gasteiger partial charge in [0, 0.05) is 18.4 Å². The summed E-state index contributed by atoms with van der Waals surface area (Å²) < 4.78 is 44.8. The molecule has 7 atom stereocenters. The number of fused-ring (bicyclic) bond motifs is 3. The topological polar surface area (TPSA) is 195 Å². The first-order valence-corrected chi connectivity index (χ1v) is 21.2. The van der Waals surface area contributed by atoms with Crippen molar-refractivity contribution in [2.45, 2.75) is 127 Å². The maximum absolute atomic E-state index is 14.9. The molecule has 2 aromatic rings. The number of nitrogens with one attached hydrogen (secondary N) is 3. The molecule has 0 radical (unpaired) electrons. The molecular weight excluding hydrogens is 764 g/mol. The number of allylic oxidation sites excluding steroid dienone is 1. The van der Waals surface area contributed by atoms with Gasteiger partial charge in [-0.25, -0.2) is 23.2 Å². The second kappa shape index (κ2) is 15.6. The number of carbonyl (C=O) groups is 4. The second-order valence-electron chi connectivity index (χ2n) is 17.0. The number of hydrogen-bond acceptors (Lipinski definition) is 11. The number of halogens is 1. The highest BCUT2D eigenvalue weighted by molar-refractivity contribution is 7.91. The zero-order valence-corrected chi connectivity index (χ0v) is 34.6. The lowest BCUT2D eigenvalue weighted by Gasteiger charge is -2.34. The Morgan fingerprint density at radius 1 is 1.12 bits per heavy atom. The van der Waals surface area contributed by atoms with Crippen LogP contribution in [-0.4, -0.2) is 94.8 Å². The Bertz CT molecular complexity index is 2020. The summed E-state index contributed by atoms with van der Waals surface area (Å²) in [5.41, 5.74) is -1.45. The van der Waals surface area contributed by atoms with Gasteiger partial charge in [-0.3, -0.25) is 19.1 Å². The normalized spacial score (nSPS) is 29.8. The van der Waals surface area contributed by atoms with E-state index in [-0.39, 0.29) is 42.3 Å². The molecule has 6 rings (SSSR count). The molecule has 1 unspecified atom stereocenters. The number of ether oxygens (including phenoxy) is 3. The lowest BCUT2D eigenvalue weighted by atomic mass is 9.85. The SMILES string of the molecule is CC[C@@H]1C[C@H](C)CC/C=C\C2C[C@@]2(C(=O)NS(=O)(=O)C2(C)CC2)NC(=O)[C@@H]2C[C@@H](Oc3nc4cc(OC)ccc4nc3Cl)CN2C(=O)[C@H]1NC(=O)OC(C)(C)C. The number of hydrogen-bond donors (Lipinski definition) is 3. The summed E-state index contributed by atoms with van der Waals surface area (Å²) >= 11 is 6.54. The van der Waals surface area contributed by atoms with Crippen LogP contribution < -0.4 is 24.8 Å². The van der Waals surface area contributed by atoms with Gasteiger partial charge in [0.15, 0.2) is 5.15 Å². The molecule has 4 amide bonds. The third-order valence-electron chi connectivity index (χ3n) is 11.4. The van der Waals surface area contributed by atoms with Crippen LogP contribution >= 0.6 is 11.6 Å². The Morgan fingerprint density at radius 3 is 2.52 bits per heavy atom. The Kier molecular flexibility index (Phi) is 11.6. The number of benzene rings is 1. The number of amides is 4. The van der Waals surface area contributed by atoms with Crippen LogP contribution in [0.4, 0.5) is 4.79 Å². The van der Waals surface area contributed by atoms with E-state index in [9.17, 15) is 27.6 Å². The fourth-order valence-electron chi connectivity index (χ4n) is 7.61. The van der Waals surface area contributed by atoms with Crippen molar-refractivity contribution in [2.24, 2.45) is 17.8 Å². The summed E-state index contributed by atoms with van der Waals surface area (Å²) in [7, 11) is -2.49. The Labute approximate surface area is 333 Å². The van der Waals surface area contributed by atoms with E-state index < -0.39 is 73.8 Å². The van der Waals surface area contributed by atoms with Crippen LogP contribution in [0.5, 0.6) is 11.6 Å². The van der Waals surface area contributed by atoms with Crippen molar-refractivity contribution in [2.75, 3.05) is 13.7 Å². The van der Waals surface area contributed by atoms with Gasteiger partial charge in [0.05, 0.1) is 29.4 Å². The predicted molar refractivity (Wildman–Crippen MR) is 208 cm³/mol. The van der Waals surface area contributed by atoms with Crippen LogP contribution in [0, 0.1) is 17.8 Å². The number of rotatable bonds is 8. The fourth-order valence-corrected chi connectivity index (χ4v) is 9.10. The molecule has 17 heteroatoms. The molecular formula is C39H53ClN6O9S. The first-order valence-electron chi connectivity index (χ1n) is 19.3. The summed E-state index contributed by atoms with van der Waals surface area (Å²) in [5, 5.41) is 5.69. The highest BCUT2D eigenvalue weighted by atomic mass is 35.5. The molecule has 306 valence electrons. The Hall–Kier alpha value is -4.18. The van der Waals surface area contributed by atoms with Gasteiger partial charge < -0.3 is 29.7 Å². The van der Waals surface area contributed by atoms with E-state index in [2.05, 4.69) is 32.2 Å². The van der Waals surface area contributed by atoms with Crippen LogP contribution in [-0.2, 0) is 29.1 Å². The fraction of sp³-hybridized carbons (Fsp3) is 0.641. The number of alkyl carbamates (subject to hydrolysis) is 1. The summed E-state index contributed by atoms with van der Waals surface area (Å²) in [5.74, 6) is -2.14. The summed E-state index contributed by atoms with van der Waals surface area (Å²) in [4.78, 5) is 67.0. The molecule has 3 N–H and O–H groups in total. The molecule has 1 saturated heterocycles. The summed E-state index contributed by atoms with van der Waals surface area (Å²) in [6.07, 6.45) is 5.77. The molecule has 2 aliphatic carbocycles. The predicted octanol–water partition coefficient (Wildman–Crippen LogP) is 4.81. The monoisotopic (exact) mass is 816 g/mol. The zero-order valence-electron chi connectivity index (χ0n) is 33.0. The first-order chi connectivity index (χ1) is 26.3. The van der Waals surface area contributed by atoms with E-state index in [0.29, 0.717) is 48.9 Å². The lowest BCUT2D eigenvalue weighted by molar-refractivity contribution is -0.142. The molecule has 3 fully saturated rings. The average Bonchev–Trinajstić information content (AvgIpc) is 4.00. The van der Waals surface area contributed by atoms with Crippen LogP contribution in [0.3, 0.4) is 0 Å². The van der Waals surface area contributed by atoms with Crippen LogP contribution in [0.2, 0.25) is 5.15 Å². The summed E-state index contributed by atoms with van der Waals surface area (Å²) in [6, 6.07) is 2.85. The van der Waals surface area contributed by atoms with E-state index in [1.165, 1.54) is 12.0 Å².